The van der Waals surface area contributed by atoms with Gasteiger partial charge in [-0.25, -0.2) is 0 Å². The number of hydrogen-bond acceptors (Lipinski definition) is 13. The number of esters is 5. The molecule has 4 aliphatic rings. The number of ether oxygens (including phenoxy) is 6. The summed E-state index contributed by atoms with van der Waals surface area (Å²) in [4.78, 5) is 62.9. The van der Waals surface area contributed by atoms with Crippen LogP contribution in [0.2, 0.25) is 0 Å². The summed E-state index contributed by atoms with van der Waals surface area (Å²) in [5, 5.41) is 24.2. The number of hydrogen-bond donors (Lipinski definition) is 2. The second-order valence-electron chi connectivity index (χ2n) is 11.4. The van der Waals surface area contributed by atoms with Gasteiger partial charge in [-0.3, -0.25) is 24.0 Å². The van der Waals surface area contributed by atoms with E-state index in [9.17, 15) is 34.2 Å². The lowest BCUT2D eigenvalue weighted by Crippen LogP contribution is -2.75. The number of alkyl halides is 1. The van der Waals surface area contributed by atoms with Crippen LogP contribution in [0.5, 0.6) is 0 Å². The molecule has 2 aliphatic carbocycles. The van der Waals surface area contributed by atoms with Gasteiger partial charge in [0.25, 0.3) is 0 Å². The van der Waals surface area contributed by atoms with Gasteiger partial charge >= 0.3 is 29.8 Å². The van der Waals surface area contributed by atoms with Crippen LogP contribution in [0.1, 0.15) is 41.5 Å². The zero-order chi connectivity index (χ0) is 31.4. The normalized spacial score (nSPS) is 44.3. The van der Waals surface area contributed by atoms with Gasteiger partial charge < -0.3 is 38.6 Å². The van der Waals surface area contributed by atoms with Crippen LogP contribution in [0.3, 0.4) is 0 Å². The molecule has 0 aromatic heterocycles. The van der Waals surface area contributed by atoms with Crippen molar-refractivity contribution in [2.45, 2.75) is 89.4 Å². The molecule has 232 valence electrons. The number of rotatable bonds is 5. The third-order valence-electron chi connectivity index (χ3n) is 8.70. The van der Waals surface area contributed by atoms with Crippen molar-refractivity contribution >= 4 is 41.4 Å². The third kappa shape index (κ3) is 5.10. The summed E-state index contributed by atoms with van der Waals surface area (Å²) < 4.78 is 34.2. The first-order valence-electron chi connectivity index (χ1n) is 13.4. The Balaban J connectivity index is 2.12. The highest BCUT2D eigenvalue weighted by Gasteiger charge is 2.80. The van der Waals surface area contributed by atoms with E-state index in [1.807, 2.05) is 0 Å². The van der Waals surface area contributed by atoms with Gasteiger partial charge in [0, 0.05) is 39.5 Å². The third-order valence-corrected chi connectivity index (χ3v) is 9.01. The number of aliphatic hydroxyl groups is 2. The molecule has 0 bridgehead atoms. The molecular weight excluding hydrogens is 580 g/mol. The fourth-order valence-electron chi connectivity index (χ4n) is 6.77. The minimum atomic E-state index is -2.29. The number of carbonyl (C=O) groups is 5. The maximum Gasteiger partial charge on any atom is 0.312 e. The lowest BCUT2D eigenvalue weighted by Gasteiger charge is -2.58. The van der Waals surface area contributed by atoms with Crippen LogP contribution >= 0.6 is 11.6 Å². The number of carbonyl (C=O) groups excluding carboxylic acids is 5. The fraction of sp³-hybridized carbons (Fsp3) is 0.679. The molecule has 42 heavy (non-hydrogen) atoms. The van der Waals surface area contributed by atoms with Gasteiger partial charge in [-0.1, -0.05) is 13.0 Å². The molecule has 1 saturated carbocycles. The van der Waals surface area contributed by atoms with E-state index in [2.05, 4.69) is 0 Å². The Bertz CT molecular complexity index is 1220. The molecule has 0 amide bonds. The molecule has 2 aliphatic heterocycles. The van der Waals surface area contributed by atoms with Crippen LogP contribution < -0.4 is 0 Å². The van der Waals surface area contributed by atoms with Crippen LogP contribution in [0.25, 0.3) is 0 Å². The monoisotopic (exact) mass is 614 g/mol. The Morgan fingerprint density at radius 2 is 1.55 bits per heavy atom. The van der Waals surface area contributed by atoms with Crippen LogP contribution in [-0.2, 0) is 52.4 Å². The largest absolute Gasteiger partial charge is 0.459 e. The van der Waals surface area contributed by atoms with E-state index >= 15 is 0 Å². The summed E-state index contributed by atoms with van der Waals surface area (Å²) in [6, 6.07) is 0. The number of allylic oxidation sites excluding steroid dienone is 2. The Morgan fingerprint density at radius 3 is 2.05 bits per heavy atom. The maximum atomic E-state index is 13.0. The van der Waals surface area contributed by atoms with Gasteiger partial charge in [-0.05, 0) is 24.6 Å². The SMILES string of the molecule is CC(=O)O[C@H]1[C@@H](O)[C@]2(CO2)[C@@H]2[C@H](OC(C)=O)C3(O)[C@H](/C=C(CCl)\C=C/[C@H](OC(C)=O)[C@@]2(C)[C@H]1OC(C)=O)OC(=O)[C@@H]3C. The molecule has 2 N–H and O–H groups in total. The van der Waals surface area contributed by atoms with Gasteiger partial charge in [-0.2, -0.15) is 0 Å². The molecule has 2 saturated heterocycles. The average Bonchev–Trinajstić information content (AvgIpc) is 3.64. The van der Waals surface area contributed by atoms with Crippen molar-refractivity contribution in [2.75, 3.05) is 12.5 Å². The first kappa shape index (κ1) is 31.9. The number of epoxide rings is 1. The molecule has 13 nitrogen and oxygen atoms in total. The topological polar surface area (TPSA) is 184 Å². The van der Waals surface area contributed by atoms with E-state index in [0.717, 1.165) is 27.7 Å². The van der Waals surface area contributed by atoms with E-state index in [1.54, 1.807) is 0 Å². The molecule has 1 spiro atoms. The van der Waals surface area contributed by atoms with Crippen LogP contribution in [0.4, 0.5) is 0 Å². The Kier molecular flexibility index (Phi) is 8.55. The predicted molar refractivity (Wildman–Crippen MR) is 140 cm³/mol. The highest BCUT2D eigenvalue weighted by Crippen LogP contribution is 2.62. The lowest BCUT2D eigenvalue weighted by atomic mass is 9.51. The average molecular weight is 615 g/mol. The van der Waals surface area contributed by atoms with Crippen molar-refractivity contribution in [1.29, 1.82) is 0 Å². The second-order valence-corrected chi connectivity index (χ2v) is 11.7. The lowest BCUT2D eigenvalue weighted by molar-refractivity contribution is -0.276. The van der Waals surface area contributed by atoms with Crippen LogP contribution in [-0.4, -0.2) is 100 Å². The number of fused-ring (bicyclic) bond motifs is 3. The maximum absolute atomic E-state index is 13.0. The van der Waals surface area contributed by atoms with Crippen molar-refractivity contribution in [3.63, 3.8) is 0 Å². The summed E-state index contributed by atoms with van der Waals surface area (Å²) in [6.07, 6.45) is -4.86. The summed E-state index contributed by atoms with van der Waals surface area (Å²) in [7, 11) is 0. The van der Waals surface area contributed by atoms with E-state index in [1.165, 1.54) is 32.1 Å². The Morgan fingerprint density at radius 1 is 1.00 bits per heavy atom. The van der Waals surface area contributed by atoms with E-state index in [0.29, 0.717) is 5.57 Å². The second kappa shape index (κ2) is 11.3. The Labute approximate surface area is 247 Å². The van der Waals surface area contributed by atoms with E-state index in [4.69, 9.17) is 40.0 Å². The summed E-state index contributed by atoms with van der Waals surface area (Å²) in [6.45, 7) is 7.15. The number of halogens is 1. The summed E-state index contributed by atoms with van der Waals surface area (Å²) in [5.74, 6) is -6.86. The van der Waals surface area contributed by atoms with E-state index in [-0.39, 0.29) is 12.5 Å². The van der Waals surface area contributed by atoms with Crippen LogP contribution in [0.15, 0.2) is 23.8 Å². The molecule has 14 heteroatoms. The van der Waals surface area contributed by atoms with Crippen molar-refractivity contribution in [3.05, 3.63) is 23.8 Å². The molecule has 2 heterocycles. The molecule has 4 rings (SSSR count). The minimum absolute atomic E-state index is 0.130. The Hall–Kier alpha value is -3.00. The van der Waals surface area contributed by atoms with Crippen molar-refractivity contribution < 1.29 is 62.6 Å². The van der Waals surface area contributed by atoms with Crippen molar-refractivity contribution in [3.8, 4) is 0 Å². The molecule has 3 fully saturated rings. The zero-order valence-corrected chi connectivity index (χ0v) is 24.8. The predicted octanol–water partition coefficient (Wildman–Crippen LogP) is 0.507. The highest BCUT2D eigenvalue weighted by molar-refractivity contribution is 6.19. The molecule has 11 atom stereocenters. The molecule has 1 unspecified atom stereocenters. The van der Waals surface area contributed by atoms with E-state index < -0.39 is 94.9 Å². The molecule has 0 radical (unpaired) electrons. The van der Waals surface area contributed by atoms with Gasteiger partial charge in [0.2, 0.25) is 0 Å². The van der Waals surface area contributed by atoms with Gasteiger partial charge in [0.1, 0.15) is 23.9 Å². The standard InChI is InChI=1S/C28H35ClO13/c1-12-25(35)42-19-9-17(10-29)7-8-18(38-13(2)30)26(6)21(24(28(12,19)36)41-16(5)33)27(11-37-27)22(34)20(39-14(3)31)23(26)40-15(4)32/h7-9,12,18-24,34,36H,10-11H2,1-6H3/b8-7-,17-9+/t12-,18-,19-,20-,21+,22+,23-,24-,26+,27-,28?/m0/s1. The fourth-order valence-corrected chi connectivity index (χ4v) is 6.95. The molecular formula is C28H35ClO13. The minimum Gasteiger partial charge on any atom is -0.459 e. The smallest absolute Gasteiger partial charge is 0.312 e. The quantitative estimate of drug-likeness (QED) is 0.189. The molecule has 0 aromatic carbocycles. The molecule has 0 aromatic rings. The van der Waals surface area contributed by atoms with Gasteiger partial charge in [-0.15, -0.1) is 11.6 Å². The summed E-state index contributed by atoms with van der Waals surface area (Å²) >= 11 is 6.19. The number of aliphatic hydroxyl groups excluding tert-OH is 1. The zero-order valence-electron chi connectivity index (χ0n) is 24.0. The first-order valence-corrected chi connectivity index (χ1v) is 14.0. The first-order chi connectivity index (χ1) is 19.5. The summed E-state index contributed by atoms with van der Waals surface area (Å²) in [5.41, 5.74) is -5.39. The van der Waals surface area contributed by atoms with Crippen molar-refractivity contribution in [2.24, 2.45) is 17.3 Å². The van der Waals surface area contributed by atoms with Gasteiger partial charge in [0.15, 0.2) is 23.9 Å². The highest BCUT2D eigenvalue weighted by atomic mass is 35.5. The van der Waals surface area contributed by atoms with Crippen LogP contribution in [0, 0.1) is 17.3 Å². The van der Waals surface area contributed by atoms with Gasteiger partial charge in [0.05, 0.1) is 17.9 Å². The van der Waals surface area contributed by atoms with Crippen molar-refractivity contribution in [1.82, 2.24) is 0 Å².